The van der Waals surface area contributed by atoms with Crippen molar-refractivity contribution in [3.05, 3.63) is 88.5 Å². The van der Waals surface area contributed by atoms with E-state index in [1.807, 2.05) is 24.3 Å². The predicted octanol–water partition coefficient (Wildman–Crippen LogP) is 5.02. The van der Waals surface area contributed by atoms with Gasteiger partial charge < -0.3 is 10.2 Å². The molecule has 0 atom stereocenters. The van der Waals surface area contributed by atoms with Gasteiger partial charge in [0.15, 0.2) is 0 Å². The molecule has 1 N–H and O–H groups in total. The zero-order chi connectivity index (χ0) is 20.2. The van der Waals surface area contributed by atoms with Crippen LogP contribution in [0.4, 0.5) is 17.1 Å². The highest BCUT2D eigenvalue weighted by Crippen LogP contribution is 2.47. The lowest BCUT2D eigenvalue weighted by Crippen LogP contribution is -2.29. The zero-order valence-electron chi connectivity index (χ0n) is 15.6. The summed E-state index contributed by atoms with van der Waals surface area (Å²) in [6.07, 6.45) is 0.708. The van der Waals surface area contributed by atoms with Gasteiger partial charge in [-0.15, -0.1) is 0 Å². The summed E-state index contributed by atoms with van der Waals surface area (Å²) >= 11 is 1.76. The molecule has 29 heavy (non-hydrogen) atoms. The first-order valence-corrected chi connectivity index (χ1v) is 10.1. The number of rotatable bonds is 6. The van der Waals surface area contributed by atoms with Gasteiger partial charge in [0.25, 0.3) is 11.6 Å². The van der Waals surface area contributed by atoms with Crippen molar-refractivity contribution in [2.75, 3.05) is 18.0 Å². The van der Waals surface area contributed by atoms with E-state index in [4.69, 9.17) is 0 Å². The van der Waals surface area contributed by atoms with E-state index in [-0.39, 0.29) is 11.3 Å². The van der Waals surface area contributed by atoms with E-state index < -0.39 is 10.8 Å². The van der Waals surface area contributed by atoms with Crippen LogP contribution in [0.5, 0.6) is 0 Å². The number of nitrogens with zero attached hydrogens (tertiary/aromatic N) is 2. The number of nitro benzene ring substituents is 1. The number of carbonyl (C=O) groups excluding carboxylic acids is 1. The Kier molecular flexibility index (Phi) is 5.48. The maximum absolute atomic E-state index is 12.4. The van der Waals surface area contributed by atoms with E-state index in [0.29, 0.717) is 13.0 Å². The summed E-state index contributed by atoms with van der Waals surface area (Å²) in [5.74, 6) is -0.424. The van der Waals surface area contributed by atoms with Crippen LogP contribution >= 0.6 is 11.8 Å². The third-order valence-corrected chi connectivity index (χ3v) is 5.85. The Morgan fingerprint density at radius 2 is 1.52 bits per heavy atom. The van der Waals surface area contributed by atoms with Crippen LogP contribution in [-0.2, 0) is 0 Å². The van der Waals surface area contributed by atoms with Crippen LogP contribution in [0.25, 0.3) is 0 Å². The van der Waals surface area contributed by atoms with Crippen molar-refractivity contribution in [1.29, 1.82) is 0 Å². The van der Waals surface area contributed by atoms with E-state index in [1.165, 1.54) is 21.9 Å². The minimum atomic E-state index is -0.534. The predicted molar refractivity (Wildman–Crippen MR) is 114 cm³/mol. The fraction of sp³-hybridized carbons (Fsp3) is 0.136. The number of fused-ring (bicyclic) bond motifs is 2. The lowest BCUT2D eigenvalue weighted by atomic mass is 10.1. The van der Waals surface area contributed by atoms with Crippen LogP contribution in [0.3, 0.4) is 0 Å². The van der Waals surface area contributed by atoms with Gasteiger partial charge in [-0.3, -0.25) is 14.9 Å². The number of anilines is 2. The molecule has 0 bridgehead atoms. The van der Waals surface area contributed by atoms with Crippen molar-refractivity contribution in [1.82, 2.24) is 5.32 Å². The molecule has 1 aliphatic heterocycles. The first-order chi connectivity index (χ1) is 14.1. The Morgan fingerprint density at radius 3 is 2.17 bits per heavy atom. The van der Waals surface area contributed by atoms with Crippen molar-refractivity contribution < 1.29 is 9.72 Å². The second-order valence-corrected chi connectivity index (χ2v) is 7.66. The van der Waals surface area contributed by atoms with Crippen LogP contribution in [0.15, 0.2) is 82.6 Å². The van der Waals surface area contributed by atoms with Crippen LogP contribution in [0, 0.1) is 10.1 Å². The lowest BCUT2D eigenvalue weighted by molar-refractivity contribution is -0.385. The molecule has 0 radical (unpaired) electrons. The van der Waals surface area contributed by atoms with Crippen molar-refractivity contribution >= 4 is 34.7 Å². The van der Waals surface area contributed by atoms with Crippen molar-refractivity contribution in [2.24, 2.45) is 0 Å². The summed E-state index contributed by atoms with van der Waals surface area (Å²) in [4.78, 5) is 27.6. The molecule has 1 heterocycles. The maximum Gasteiger partial charge on any atom is 0.282 e. The fourth-order valence-electron chi connectivity index (χ4n) is 3.38. The molecular formula is C22H19N3O3S. The van der Waals surface area contributed by atoms with Gasteiger partial charge in [0, 0.05) is 28.9 Å². The number of carbonyl (C=O) groups is 1. The first-order valence-electron chi connectivity index (χ1n) is 9.30. The zero-order valence-corrected chi connectivity index (χ0v) is 16.4. The summed E-state index contributed by atoms with van der Waals surface area (Å²) in [6.45, 7) is 1.16. The molecule has 6 nitrogen and oxygen atoms in total. The lowest BCUT2D eigenvalue weighted by Gasteiger charge is -2.32. The van der Waals surface area contributed by atoms with Gasteiger partial charge in [-0.25, -0.2) is 0 Å². The Labute approximate surface area is 172 Å². The van der Waals surface area contributed by atoms with Crippen molar-refractivity contribution in [3.8, 4) is 0 Å². The normalized spacial score (nSPS) is 12.1. The SMILES string of the molecule is O=C(NCCCN1c2ccccc2Sc2ccccc21)c1ccccc1[N+](=O)[O-]. The van der Waals surface area contributed by atoms with Gasteiger partial charge >= 0.3 is 0 Å². The van der Waals surface area contributed by atoms with Crippen LogP contribution in [-0.4, -0.2) is 23.9 Å². The average Bonchev–Trinajstić information content (AvgIpc) is 2.75. The molecule has 7 heteroatoms. The number of para-hydroxylation sites is 3. The monoisotopic (exact) mass is 405 g/mol. The quantitative estimate of drug-likeness (QED) is 0.354. The van der Waals surface area contributed by atoms with Crippen molar-refractivity contribution in [3.63, 3.8) is 0 Å². The molecule has 0 aliphatic carbocycles. The maximum atomic E-state index is 12.4. The third-order valence-electron chi connectivity index (χ3n) is 4.72. The number of nitro groups is 1. The number of benzene rings is 3. The molecule has 1 amide bonds. The fourth-order valence-corrected chi connectivity index (χ4v) is 4.48. The standard InChI is InChI=1S/C22H19N3O3S/c26-22(16-8-1-2-9-17(16)25(27)28)23-14-7-15-24-18-10-3-5-12-20(18)29-21-13-6-4-11-19(21)24/h1-6,8-13H,7,14-15H2,(H,23,26). The molecule has 3 aromatic rings. The number of hydrogen-bond donors (Lipinski definition) is 1. The molecule has 0 aromatic heterocycles. The summed E-state index contributed by atoms with van der Waals surface area (Å²) in [5, 5.41) is 13.9. The minimum Gasteiger partial charge on any atom is -0.352 e. The highest BCUT2D eigenvalue weighted by Gasteiger charge is 2.23. The Morgan fingerprint density at radius 1 is 0.931 bits per heavy atom. The van der Waals surface area contributed by atoms with Crippen LogP contribution in [0.1, 0.15) is 16.8 Å². The van der Waals surface area contributed by atoms with Gasteiger partial charge in [0.1, 0.15) is 5.56 Å². The molecule has 0 saturated carbocycles. The van der Waals surface area contributed by atoms with Gasteiger partial charge in [-0.2, -0.15) is 0 Å². The Bertz CT molecular complexity index is 1020. The molecule has 0 unspecified atom stereocenters. The molecule has 0 saturated heterocycles. The summed E-state index contributed by atoms with van der Waals surface area (Å²) in [6, 6.07) is 22.5. The van der Waals surface area contributed by atoms with Gasteiger partial charge in [-0.1, -0.05) is 48.2 Å². The Hall–Kier alpha value is -3.32. The summed E-state index contributed by atoms with van der Waals surface area (Å²) < 4.78 is 0. The second kappa shape index (κ2) is 8.36. The molecule has 3 aromatic carbocycles. The highest BCUT2D eigenvalue weighted by molar-refractivity contribution is 7.99. The van der Waals surface area contributed by atoms with Crippen molar-refractivity contribution in [2.45, 2.75) is 16.2 Å². The smallest absolute Gasteiger partial charge is 0.282 e. The highest BCUT2D eigenvalue weighted by atomic mass is 32.2. The number of nitrogens with one attached hydrogen (secondary N) is 1. The topological polar surface area (TPSA) is 75.5 Å². The Balaban J connectivity index is 1.43. The number of amides is 1. The second-order valence-electron chi connectivity index (χ2n) is 6.57. The molecule has 0 fully saturated rings. The van der Waals surface area contributed by atoms with Gasteiger partial charge in [0.05, 0.1) is 16.3 Å². The van der Waals surface area contributed by atoms with E-state index in [1.54, 1.807) is 23.9 Å². The summed E-state index contributed by atoms with van der Waals surface area (Å²) in [5.41, 5.74) is 2.21. The van der Waals surface area contributed by atoms with Crippen LogP contribution < -0.4 is 10.2 Å². The van der Waals surface area contributed by atoms with E-state index in [0.717, 1.165) is 17.9 Å². The molecular weight excluding hydrogens is 386 g/mol. The van der Waals surface area contributed by atoms with Gasteiger partial charge in [0.2, 0.25) is 0 Å². The number of hydrogen-bond acceptors (Lipinski definition) is 5. The largest absolute Gasteiger partial charge is 0.352 e. The first kappa shape index (κ1) is 19.0. The van der Waals surface area contributed by atoms with Crippen LogP contribution in [0.2, 0.25) is 0 Å². The van der Waals surface area contributed by atoms with E-state index >= 15 is 0 Å². The third kappa shape index (κ3) is 3.95. The van der Waals surface area contributed by atoms with E-state index in [9.17, 15) is 14.9 Å². The summed E-state index contributed by atoms with van der Waals surface area (Å²) in [7, 11) is 0. The molecule has 0 spiro atoms. The molecule has 1 aliphatic rings. The molecule has 146 valence electrons. The minimum absolute atomic E-state index is 0.0857. The van der Waals surface area contributed by atoms with E-state index in [2.05, 4.69) is 34.5 Å². The molecule has 4 rings (SSSR count). The average molecular weight is 405 g/mol. The van der Waals surface area contributed by atoms with Gasteiger partial charge in [-0.05, 0) is 36.8 Å².